The fourth-order valence-corrected chi connectivity index (χ4v) is 2.14. The Morgan fingerprint density at radius 2 is 2.38 bits per heavy atom. The molecule has 0 aromatic carbocycles. The van der Waals surface area contributed by atoms with Gasteiger partial charge in [-0.1, -0.05) is 13.3 Å². The van der Waals surface area contributed by atoms with Gasteiger partial charge in [-0.05, 0) is 36.8 Å². The number of nitrogens with zero attached hydrogens (tertiary/aromatic N) is 2. The van der Waals surface area contributed by atoms with E-state index in [-0.39, 0.29) is 0 Å². The van der Waals surface area contributed by atoms with Gasteiger partial charge >= 0.3 is 0 Å². The molecule has 84 valence electrons. The van der Waals surface area contributed by atoms with Crippen LogP contribution in [0.3, 0.4) is 0 Å². The van der Waals surface area contributed by atoms with Crippen molar-refractivity contribution in [3.63, 3.8) is 0 Å². The third-order valence-electron chi connectivity index (χ3n) is 3.30. The van der Waals surface area contributed by atoms with Crippen LogP contribution < -0.4 is 5.32 Å². The highest BCUT2D eigenvalue weighted by Crippen LogP contribution is 2.49. The molecule has 0 bridgehead atoms. The van der Waals surface area contributed by atoms with E-state index in [0.717, 1.165) is 12.2 Å². The Morgan fingerprint density at radius 1 is 1.56 bits per heavy atom. The first kappa shape index (κ1) is 10.9. The van der Waals surface area contributed by atoms with Gasteiger partial charge in [-0.3, -0.25) is 0 Å². The van der Waals surface area contributed by atoms with Crippen LogP contribution in [-0.2, 0) is 0 Å². The van der Waals surface area contributed by atoms with Crippen LogP contribution in [0.15, 0.2) is 18.3 Å². The average molecular weight is 215 g/mol. The van der Waals surface area contributed by atoms with E-state index in [1.165, 1.54) is 25.7 Å². The predicted molar refractivity (Wildman–Crippen MR) is 64.0 cm³/mol. The number of aromatic nitrogens is 1. The Bertz CT molecular complexity index is 402. The van der Waals surface area contributed by atoms with Gasteiger partial charge in [-0.2, -0.15) is 5.26 Å². The topological polar surface area (TPSA) is 48.7 Å². The summed E-state index contributed by atoms with van der Waals surface area (Å²) in [5.74, 6) is 0. The second-order valence-electron chi connectivity index (χ2n) is 4.61. The third kappa shape index (κ3) is 2.33. The lowest BCUT2D eigenvalue weighted by atomic mass is 10.0. The summed E-state index contributed by atoms with van der Waals surface area (Å²) < 4.78 is 0. The zero-order valence-corrected chi connectivity index (χ0v) is 9.66. The molecule has 1 aromatic rings. The molecule has 1 fully saturated rings. The first-order valence-electron chi connectivity index (χ1n) is 5.89. The summed E-state index contributed by atoms with van der Waals surface area (Å²) in [7, 11) is 0. The minimum absolute atomic E-state index is 0.495. The molecule has 2 rings (SSSR count). The molecule has 0 unspecified atom stereocenters. The quantitative estimate of drug-likeness (QED) is 0.821. The first-order valence-corrected chi connectivity index (χ1v) is 5.89. The van der Waals surface area contributed by atoms with E-state index < -0.39 is 0 Å². The summed E-state index contributed by atoms with van der Waals surface area (Å²) in [6.45, 7) is 3.20. The maximum absolute atomic E-state index is 8.91. The van der Waals surface area contributed by atoms with Gasteiger partial charge in [0, 0.05) is 12.7 Å². The molecular formula is C13H17N3. The average Bonchev–Trinajstić information content (AvgIpc) is 3.08. The molecule has 0 aliphatic heterocycles. The lowest BCUT2D eigenvalue weighted by Crippen LogP contribution is -2.16. The normalized spacial score (nSPS) is 16.5. The summed E-state index contributed by atoms with van der Waals surface area (Å²) in [4.78, 5) is 4.04. The van der Waals surface area contributed by atoms with Crippen LogP contribution in [-0.4, -0.2) is 11.5 Å². The molecule has 3 nitrogen and oxygen atoms in total. The van der Waals surface area contributed by atoms with Gasteiger partial charge < -0.3 is 5.32 Å². The SMILES string of the molecule is CCCC1(CNc2cccnc2C#N)CC1. The highest BCUT2D eigenvalue weighted by Gasteiger charge is 2.41. The molecule has 0 spiro atoms. The molecule has 16 heavy (non-hydrogen) atoms. The van der Waals surface area contributed by atoms with E-state index in [1.54, 1.807) is 6.20 Å². The summed E-state index contributed by atoms with van der Waals surface area (Å²) in [5.41, 5.74) is 1.86. The number of hydrogen-bond acceptors (Lipinski definition) is 3. The van der Waals surface area contributed by atoms with Crippen molar-refractivity contribution in [1.29, 1.82) is 5.26 Å². The first-order chi connectivity index (χ1) is 7.79. The molecule has 0 atom stereocenters. The van der Waals surface area contributed by atoms with Crippen LogP contribution >= 0.6 is 0 Å². The lowest BCUT2D eigenvalue weighted by molar-refractivity contribution is 0.485. The number of anilines is 1. The van der Waals surface area contributed by atoms with Crippen molar-refractivity contribution in [2.75, 3.05) is 11.9 Å². The standard InChI is InChI=1S/C13H17N3/c1-2-5-13(6-7-13)10-16-11-4-3-8-15-12(11)9-14/h3-4,8,16H,2,5-7,10H2,1H3. The number of pyridine rings is 1. The molecule has 0 saturated heterocycles. The lowest BCUT2D eigenvalue weighted by Gasteiger charge is -2.16. The van der Waals surface area contributed by atoms with Crippen LogP contribution in [0, 0.1) is 16.7 Å². The fourth-order valence-electron chi connectivity index (χ4n) is 2.14. The number of nitrogens with one attached hydrogen (secondary N) is 1. The molecule has 1 aliphatic rings. The number of nitriles is 1. The summed E-state index contributed by atoms with van der Waals surface area (Å²) in [5, 5.41) is 12.3. The van der Waals surface area contributed by atoms with Gasteiger partial charge in [0.2, 0.25) is 0 Å². The molecule has 0 amide bonds. The second-order valence-corrected chi connectivity index (χ2v) is 4.61. The van der Waals surface area contributed by atoms with Gasteiger partial charge in [0.15, 0.2) is 5.69 Å². The Labute approximate surface area is 96.5 Å². The van der Waals surface area contributed by atoms with E-state index in [9.17, 15) is 0 Å². The molecule has 1 aliphatic carbocycles. The highest BCUT2D eigenvalue weighted by molar-refractivity contribution is 5.53. The monoisotopic (exact) mass is 215 g/mol. The van der Waals surface area contributed by atoms with Crippen LogP contribution in [0.2, 0.25) is 0 Å². The zero-order valence-electron chi connectivity index (χ0n) is 9.66. The van der Waals surface area contributed by atoms with E-state index in [4.69, 9.17) is 5.26 Å². The van der Waals surface area contributed by atoms with Gasteiger partial charge in [-0.15, -0.1) is 0 Å². The maximum atomic E-state index is 8.91. The van der Waals surface area contributed by atoms with Crippen molar-refractivity contribution in [1.82, 2.24) is 4.98 Å². The second kappa shape index (κ2) is 4.52. The fraction of sp³-hybridized carbons (Fsp3) is 0.538. The molecular weight excluding hydrogens is 198 g/mol. The smallest absolute Gasteiger partial charge is 0.163 e. The van der Waals surface area contributed by atoms with Crippen LogP contribution in [0.5, 0.6) is 0 Å². The highest BCUT2D eigenvalue weighted by atomic mass is 14.9. The molecule has 1 heterocycles. The van der Waals surface area contributed by atoms with E-state index in [0.29, 0.717) is 11.1 Å². The minimum Gasteiger partial charge on any atom is -0.382 e. The predicted octanol–water partition coefficient (Wildman–Crippen LogP) is 2.95. The maximum Gasteiger partial charge on any atom is 0.163 e. The van der Waals surface area contributed by atoms with Gasteiger partial charge in [0.25, 0.3) is 0 Å². The largest absolute Gasteiger partial charge is 0.382 e. The third-order valence-corrected chi connectivity index (χ3v) is 3.30. The zero-order chi connectivity index (χ0) is 11.4. The molecule has 3 heteroatoms. The van der Waals surface area contributed by atoms with E-state index in [2.05, 4.69) is 23.3 Å². The summed E-state index contributed by atoms with van der Waals surface area (Å²) in [6.07, 6.45) is 6.80. The molecule has 1 aromatic heterocycles. The Morgan fingerprint density at radius 3 is 3.00 bits per heavy atom. The van der Waals surface area contributed by atoms with Crippen molar-refractivity contribution in [3.8, 4) is 6.07 Å². The van der Waals surface area contributed by atoms with E-state index in [1.807, 2.05) is 12.1 Å². The van der Waals surface area contributed by atoms with Crippen molar-refractivity contribution in [3.05, 3.63) is 24.0 Å². The molecule has 0 radical (unpaired) electrons. The Hall–Kier alpha value is -1.56. The van der Waals surface area contributed by atoms with Crippen molar-refractivity contribution >= 4 is 5.69 Å². The van der Waals surface area contributed by atoms with Gasteiger partial charge in [0.1, 0.15) is 6.07 Å². The summed E-state index contributed by atoms with van der Waals surface area (Å²) >= 11 is 0. The van der Waals surface area contributed by atoms with Crippen molar-refractivity contribution in [2.45, 2.75) is 32.6 Å². The van der Waals surface area contributed by atoms with Crippen LogP contribution in [0.1, 0.15) is 38.3 Å². The van der Waals surface area contributed by atoms with Gasteiger partial charge in [-0.25, -0.2) is 4.98 Å². The van der Waals surface area contributed by atoms with Gasteiger partial charge in [0.05, 0.1) is 5.69 Å². The molecule has 1 N–H and O–H groups in total. The minimum atomic E-state index is 0.495. The summed E-state index contributed by atoms with van der Waals surface area (Å²) in [6, 6.07) is 5.90. The number of rotatable bonds is 5. The Balaban J connectivity index is 1.97. The van der Waals surface area contributed by atoms with Crippen LogP contribution in [0.4, 0.5) is 5.69 Å². The van der Waals surface area contributed by atoms with Crippen molar-refractivity contribution in [2.24, 2.45) is 5.41 Å². The molecule has 1 saturated carbocycles. The van der Waals surface area contributed by atoms with Crippen LogP contribution in [0.25, 0.3) is 0 Å². The number of hydrogen-bond donors (Lipinski definition) is 1. The van der Waals surface area contributed by atoms with E-state index >= 15 is 0 Å². The van der Waals surface area contributed by atoms with Crippen molar-refractivity contribution < 1.29 is 0 Å². The Kier molecular flexibility index (Phi) is 3.09.